The molecular weight excluding hydrogens is 320 g/mol. The standard InChI is InChI=1S/C16H13ClN2O2S/c17-10-5-7-11(8-6-10)18-15(20)9-14-16(21)19-12-3-1-2-4-13(12)22-14/h1-8,14H,9H2,(H,18,20)(H,19,21)/t14-/m1/s1. The molecule has 0 bridgehead atoms. The van der Waals surface area contributed by atoms with E-state index in [1.165, 1.54) is 11.8 Å². The number of amides is 2. The summed E-state index contributed by atoms with van der Waals surface area (Å²) in [7, 11) is 0. The van der Waals surface area contributed by atoms with Crippen molar-refractivity contribution >= 4 is 46.6 Å². The van der Waals surface area contributed by atoms with Crippen molar-refractivity contribution in [3.63, 3.8) is 0 Å². The number of para-hydroxylation sites is 1. The van der Waals surface area contributed by atoms with Crippen molar-refractivity contribution in [1.82, 2.24) is 0 Å². The highest BCUT2D eigenvalue weighted by molar-refractivity contribution is 8.01. The smallest absolute Gasteiger partial charge is 0.238 e. The first-order chi connectivity index (χ1) is 10.6. The molecule has 2 aromatic carbocycles. The number of nitrogens with one attached hydrogen (secondary N) is 2. The molecule has 2 N–H and O–H groups in total. The van der Waals surface area contributed by atoms with E-state index >= 15 is 0 Å². The Bertz CT molecular complexity index is 718. The van der Waals surface area contributed by atoms with Crippen molar-refractivity contribution in [1.29, 1.82) is 0 Å². The van der Waals surface area contributed by atoms with Crippen molar-refractivity contribution in [2.75, 3.05) is 10.6 Å². The van der Waals surface area contributed by atoms with E-state index < -0.39 is 5.25 Å². The van der Waals surface area contributed by atoms with Gasteiger partial charge in [-0.3, -0.25) is 9.59 Å². The van der Waals surface area contributed by atoms with Gasteiger partial charge in [-0.15, -0.1) is 11.8 Å². The van der Waals surface area contributed by atoms with Gasteiger partial charge in [-0.05, 0) is 36.4 Å². The van der Waals surface area contributed by atoms with Crippen LogP contribution in [0.3, 0.4) is 0 Å². The number of carbonyl (C=O) groups is 2. The van der Waals surface area contributed by atoms with Crippen LogP contribution in [0.25, 0.3) is 0 Å². The topological polar surface area (TPSA) is 58.2 Å². The summed E-state index contributed by atoms with van der Waals surface area (Å²) < 4.78 is 0. The van der Waals surface area contributed by atoms with Gasteiger partial charge in [0.25, 0.3) is 0 Å². The molecule has 0 fully saturated rings. The maximum absolute atomic E-state index is 12.1. The summed E-state index contributed by atoms with van der Waals surface area (Å²) in [4.78, 5) is 25.1. The van der Waals surface area contributed by atoms with Crippen LogP contribution in [-0.4, -0.2) is 17.1 Å². The number of fused-ring (bicyclic) bond motifs is 1. The van der Waals surface area contributed by atoms with Crippen molar-refractivity contribution in [2.45, 2.75) is 16.6 Å². The molecule has 112 valence electrons. The molecule has 1 aliphatic heterocycles. The van der Waals surface area contributed by atoms with E-state index in [2.05, 4.69) is 10.6 Å². The number of anilines is 2. The second-order valence-electron chi connectivity index (χ2n) is 4.85. The van der Waals surface area contributed by atoms with Crippen LogP contribution < -0.4 is 10.6 Å². The third-order valence-electron chi connectivity index (χ3n) is 3.21. The van der Waals surface area contributed by atoms with E-state index in [-0.39, 0.29) is 18.2 Å². The van der Waals surface area contributed by atoms with Crippen LogP contribution in [0.1, 0.15) is 6.42 Å². The fourth-order valence-corrected chi connectivity index (χ4v) is 3.38. The van der Waals surface area contributed by atoms with Gasteiger partial charge in [0.1, 0.15) is 0 Å². The molecule has 0 radical (unpaired) electrons. The van der Waals surface area contributed by atoms with Gasteiger partial charge in [-0.1, -0.05) is 23.7 Å². The number of thioether (sulfide) groups is 1. The highest BCUT2D eigenvalue weighted by Gasteiger charge is 2.28. The minimum absolute atomic E-state index is 0.119. The number of rotatable bonds is 3. The third-order valence-corrected chi connectivity index (χ3v) is 4.73. The first-order valence-corrected chi connectivity index (χ1v) is 7.99. The second-order valence-corrected chi connectivity index (χ2v) is 6.53. The predicted octanol–water partition coefficient (Wildman–Crippen LogP) is 3.78. The maximum atomic E-state index is 12.1. The number of carbonyl (C=O) groups excluding carboxylic acids is 2. The predicted molar refractivity (Wildman–Crippen MR) is 89.4 cm³/mol. The first-order valence-electron chi connectivity index (χ1n) is 6.74. The summed E-state index contributed by atoms with van der Waals surface area (Å²) in [5.74, 6) is -0.343. The van der Waals surface area contributed by atoms with E-state index in [9.17, 15) is 9.59 Å². The zero-order valence-corrected chi connectivity index (χ0v) is 13.1. The SMILES string of the molecule is O=C(C[C@H]1Sc2ccccc2NC1=O)Nc1ccc(Cl)cc1. The summed E-state index contributed by atoms with van der Waals surface area (Å²) in [6.45, 7) is 0. The lowest BCUT2D eigenvalue weighted by Gasteiger charge is -2.23. The van der Waals surface area contributed by atoms with E-state index in [1.807, 2.05) is 24.3 Å². The first kappa shape index (κ1) is 14.9. The fraction of sp³-hybridized carbons (Fsp3) is 0.125. The van der Waals surface area contributed by atoms with Crippen molar-refractivity contribution in [2.24, 2.45) is 0 Å². The molecule has 3 rings (SSSR count). The van der Waals surface area contributed by atoms with E-state index in [1.54, 1.807) is 24.3 Å². The van der Waals surface area contributed by atoms with E-state index in [0.29, 0.717) is 10.7 Å². The summed E-state index contributed by atoms with van der Waals surface area (Å²) in [6.07, 6.45) is 0.119. The van der Waals surface area contributed by atoms with Gasteiger partial charge in [0.2, 0.25) is 11.8 Å². The Morgan fingerprint density at radius 2 is 1.91 bits per heavy atom. The van der Waals surface area contributed by atoms with E-state index in [0.717, 1.165) is 10.6 Å². The molecule has 0 saturated heterocycles. The summed E-state index contributed by atoms with van der Waals surface area (Å²) in [5, 5.41) is 5.78. The van der Waals surface area contributed by atoms with Gasteiger partial charge in [0.05, 0.1) is 10.9 Å². The van der Waals surface area contributed by atoms with Crippen LogP contribution in [0.2, 0.25) is 5.02 Å². The van der Waals surface area contributed by atoms with Gasteiger partial charge in [-0.25, -0.2) is 0 Å². The van der Waals surface area contributed by atoms with Gasteiger partial charge < -0.3 is 10.6 Å². The normalized spacial score (nSPS) is 16.6. The number of halogens is 1. The quantitative estimate of drug-likeness (QED) is 0.899. The lowest BCUT2D eigenvalue weighted by Crippen LogP contribution is -2.32. The summed E-state index contributed by atoms with van der Waals surface area (Å²) in [6, 6.07) is 14.4. The van der Waals surface area contributed by atoms with Crippen LogP contribution in [0.15, 0.2) is 53.4 Å². The average molecular weight is 333 g/mol. The Hall–Kier alpha value is -1.98. The summed E-state index contributed by atoms with van der Waals surface area (Å²) in [5.41, 5.74) is 1.46. The van der Waals surface area contributed by atoms with Crippen LogP contribution in [0.5, 0.6) is 0 Å². The highest BCUT2D eigenvalue weighted by Crippen LogP contribution is 2.36. The van der Waals surface area contributed by atoms with Crippen molar-refractivity contribution in [3.05, 3.63) is 53.6 Å². The molecular formula is C16H13ClN2O2S. The fourth-order valence-electron chi connectivity index (χ4n) is 2.14. The minimum atomic E-state index is -0.429. The summed E-state index contributed by atoms with van der Waals surface area (Å²) >= 11 is 7.21. The molecule has 0 saturated carbocycles. The van der Waals surface area contributed by atoms with E-state index in [4.69, 9.17) is 11.6 Å². The van der Waals surface area contributed by atoms with Crippen molar-refractivity contribution < 1.29 is 9.59 Å². The largest absolute Gasteiger partial charge is 0.326 e. The maximum Gasteiger partial charge on any atom is 0.238 e. The Balaban J connectivity index is 1.64. The molecule has 0 aromatic heterocycles. The highest BCUT2D eigenvalue weighted by atomic mass is 35.5. The van der Waals surface area contributed by atoms with Crippen molar-refractivity contribution in [3.8, 4) is 0 Å². The van der Waals surface area contributed by atoms with Gasteiger partial charge in [0.15, 0.2) is 0 Å². The number of hydrogen-bond acceptors (Lipinski definition) is 3. The number of hydrogen-bond donors (Lipinski definition) is 2. The molecule has 0 aliphatic carbocycles. The minimum Gasteiger partial charge on any atom is -0.326 e. The molecule has 1 heterocycles. The number of benzene rings is 2. The molecule has 0 spiro atoms. The Morgan fingerprint density at radius 1 is 1.18 bits per heavy atom. The van der Waals surface area contributed by atoms with Crippen LogP contribution >= 0.6 is 23.4 Å². The Morgan fingerprint density at radius 3 is 2.68 bits per heavy atom. The molecule has 1 aliphatic rings. The molecule has 2 aromatic rings. The molecule has 2 amide bonds. The van der Waals surface area contributed by atoms with Gasteiger partial charge in [0, 0.05) is 22.0 Å². The van der Waals surface area contributed by atoms with Gasteiger partial charge >= 0.3 is 0 Å². The second kappa shape index (κ2) is 6.42. The van der Waals surface area contributed by atoms with Gasteiger partial charge in [-0.2, -0.15) is 0 Å². The van der Waals surface area contributed by atoms with Crippen LogP contribution in [0, 0.1) is 0 Å². The monoisotopic (exact) mass is 332 g/mol. The van der Waals surface area contributed by atoms with Crippen LogP contribution in [0.4, 0.5) is 11.4 Å². The molecule has 6 heteroatoms. The zero-order valence-electron chi connectivity index (χ0n) is 11.5. The molecule has 0 unspecified atom stereocenters. The van der Waals surface area contributed by atoms with Crippen LogP contribution in [-0.2, 0) is 9.59 Å². The lowest BCUT2D eigenvalue weighted by molar-refractivity contribution is -0.120. The lowest BCUT2D eigenvalue weighted by atomic mass is 10.2. The molecule has 1 atom stereocenters. The Labute approximate surface area is 137 Å². The molecule has 22 heavy (non-hydrogen) atoms. The zero-order chi connectivity index (χ0) is 15.5. The molecule has 4 nitrogen and oxygen atoms in total. The Kier molecular flexibility index (Phi) is 4.36. The third kappa shape index (κ3) is 3.43. The average Bonchev–Trinajstić information content (AvgIpc) is 2.50.